The monoisotopic (exact) mass is 505 g/mol. The minimum absolute atomic E-state index is 0.0257. The first-order valence-corrected chi connectivity index (χ1v) is 12.4. The highest BCUT2D eigenvalue weighted by atomic mass is 16.5. The van der Waals surface area contributed by atoms with Crippen molar-refractivity contribution in [1.82, 2.24) is 14.8 Å². The standard InChI is InChI=1S/C28H31N3O6/c1-19(2)30-11-13-31(14-12-30)26(33)18-36-27(34)15-20-7-9-22(10-8-20)37-28(35)25(32)16-21-17-29-24-6-4-3-5-23(21)24/h3-10,17,19,29H,11-16,18H2,1-2H3. The molecule has 0 spiro atoms. The van der Waals surface area contributed by atoms with Gasteiger partial charge in [-0.1, -0.05) is 30.3 Å². The largest absolute Gasteiger partial charge is 0.455 e. The van der Waals surface area contributed by atoms with Crippen molar-refractivity contribution in [1.29, 1.82) is 0 Å². The van der Waals surface area contributed by atoms with Gasteiger partial charge in [-0.2, -0.15) is 0 Å². The maximum atomic E-state index is 12.4. The summed E-state index contributed by atoms with van der Waals surface area (Å²) in [5.41, 5.74) is 2.25. The summed E-state index contributed by atoms with van der Waals surface area (Å²) in [7, 11) is 0. The summed E-state index contributed by atoms with van der Waals surface area (Å²) in [6, 6.07) is 14.2. The number of aromatic amines is 1. The summed E-state index contributed by atoms with van der Waals surface area (Å²) >= 11 is 0. The summed E-state index contributed by atoms with van der Waals surface area (Å²) < 4.78 is 10.4. The molecule has 2 aromatic carbocycles. The van der Waals surface area contributed by atoms with Gasteiger partial charge < -0.3 is 19.4 Å². The zero-order valence-corrected chi connectivity index (χ0v) is 21.1. The fraction of sp³-hybridized carbons (Fsp3) is 0.357. The lowest BCUT2D eigenvalue weighted by atomic mass is 10.1. The second-order valence-corrected chi connectivity index (χ2v) is 9.34. The van der Waals surface area contributed by atoms with Crippen LogP contribution in [0.25, 0.3) is 10.9 Å². The van der Waals surface area contributed by atoms with E-state index in [9.17, 15) is 19.2 Å². The number of piperazine rings is 1. The number of hydrogen-bond acceptors (Lipinski definition) is 7. The molecule has 0 saturated carbocycles. The summed E-state index contributed by atoms with van der Waals surface area (Å²) in [6.45, 7) is 6.84. The van der Waals surface area contributed by atoms with E-state index in [4.69, 9.17) is 9.47 Å². The summed E-state index contributed by atoms with van der Waals surface area (Å²) in [6.07, 6.45) is 1.62. The zero-order valence-electron chi connectivity index (χ0n) is 21.1. The molecule has 1 aliphatic rings. The van der Waals surface area contributed by atoms with Crippen molar-refractivity contribution >= 4 is 34.5 Å². The van der Waals surface area contributed by atoms with E-state index in [-0.39, 0.29) is 31.1 Å². The molecule has 37 heavy (non-hydrogen) atoms. The topological polar surface area (TPSA) is 109 Å². The van der Waals surface area contributed by atoms with Crippen LogP contribution in [0.15, 0.2) is 54.7 Å². The molecular formula is C28H31N3O6. The molecule has 1 aromatic heterocycles. The number of rotatable bonds is 9. The summed E-state index contributed by atoms with van der Waals surface area (Å²) in [4.78, 5) is 56.3. The highest BCUT2D eigenvalue weighted by molar-refractivity contribution is 6.34. The lowest BCUT2D eigenvalue weighted by molar-refractivity contribution is -0.152. The van der Waals surface area contributed by atoms with Gasteiger partial charge in [-0.15, -0.1) is 0 Å². The molecule has 1 amide bonds. The minimum Gasteiger partial charge on any atom is -0.455 e. The lowest BCUT2D eigenvalue weighted by Gasteiger charge is -2.36. The normalized spacial score (nSPS) is 14.1. The quantitative estimate of drug-likeness (QED) is 0.270. The van der Waals surface area contributed by atoms with E-state index >= 15 is 0 Å². The first-order valence-electron chi connectivity index (χ1n) is 12.4. The van der Waals surface area contributed by atoms with Gasteiger partial charge in [0, 0.05) is 55.7 Å². The number of Topliss-reactive ketones (excluding diaryl/α,β-unsaturated/α-hetero) is 1. The Balaban J connectivity index is 1.21. The van der Waals surface area contributed by atoms with Crippen LogP contribution in [-0.2, 0) is 36.8 Å². The molecule has 0 radical (unpaired) electrons. The number of fused-ring (bicyclic) bond motifs is 1. The van der Waals surface area contributed by atoms with Crippen molar-refractivity contribution in [3.8, 4) is 5.75 Å². The molecule has 0 aliphatic carbocycles. The van der Waals surface area contributed by atoms with E-state index in [1.54, 1.807) is 23.2 Å². The molecule has 0 atom stereocenters. The van der Waals surface area contributed by atoms with Crippen LogP contribution < -0.4 is 4.74 Å². The Morgan fingerprint density at radius 1 is 0.919 bits per heavy atom. The number of ketones is 1. The van der Waals surface area contributed by atoms with E-state index in [0.717, 1.165) is 29.6 Å². The average Bonchev–Trinajstić information content (AvgIpc) is 3.31. The highest BCUT2D eigenvalue weighted by Crippen LogP contribution is 2.19. The van der Waals surface area contributed by atoms with E-state index in [2.05, 4.69) is 23.7 Å². The SMILES string of the molecule is CC(C)N1CCN(C(=O)COC(=O)Cc2ccc(OC(=O)C(=O)Cc3c[nH]c4ccccc34)cc2)CC1. The van der Waals surface area contributed by atoms with Gasteiger partial charge in [0.05, 0.1) is 6.42 Å². The van der Waals surface area contributed by atoms with Crippen LogP contribution >= 0.6 is 0 Å². The summed E-state index contributed by atoms with van der Waals surface area (Å²) in [5.74, 6) is -2.13. The smallest absolute Gasteiger partial charge is 0.380 e. The van der Waals surface area contributed by atoms with E-state index in [0.29, 0.717) is 24.7 Å². The zero-order chi connectivity index (χ0) is 26.4. The molecule has 0 bridgehead atoms. The Morgan fingerprint density at radius 3 is 2.32 bits per heavy atom. The van der Waals surface area contributed by atoms with Gasteiger partial charge in [0.25, 0.3) is 5.91 Å². The Morgan fingerprint density at radius 2 is 1.62 bits per heavy atom. The third-order valence-corrected chi connectivity index (χ3v) is 6.49. The van der Waals surface area contributed by atoms with Gasteiger partial charge >= 0.3 is 11.9 Å². The van der Waals surface area contributed by atoms with E-state index < -0.39 is 17.7 Å². The van der Waals surface area contributed by atoms with Gasteiger partial charge in [0.1, 0.15) is 5.75 Å². The number of carbonyl (C=O) groups is 4. The molecule has 2 heterocycles. The number of hydrogen-bond donors (Lipinski definition) is 1. The van der Waals surface area contributed by atoms with Crippen LogP contribution in [-0.4, -0.2) is 77.2 Å². The van der Waals surface area contributed by atoms with Crippen molar-refractivity contribution in [2.24, 2.45) is 0 Å². The third-order valence-electron chi connectivity index (χ3n) is 6.49. The molecule has 0 unspecified atom stereocenters. The van der Waals surface area contributed by atoms with E-state index in [1.165, 1.54) is 12.1 Å². The Kier molecular flexibility index (Phi) is 8.35. The van der Waals surface area contributed by atoms with Gasteiger partial charge in [0.2, 0.25) is 5.78 Å². The first kappa shape index (κ1) is 26.1. The van der Waals surface area contributed by atoms with Crippen LogP contribution in [0.4, 0.5) is 0 Å². The van der Waals surface area contributed by atoms with Crippen LogP contribution in [0.1, 0.15) is 25.0 Å². The molecule has 1 aliphatic heterocycles. The number of ether oxygens (including phenoxy) is 2. The number of nitrogens with one attached hydrogen (secondary N) is 1. The number of amides is 1. The van der Waals surface area contributed by atoms with Crippen molar-refractivity contribution in [2.75, 3.05) is 32.8 Å². The van der Waals surface area contributed by atoms with Crippen molar-refractivity contribution < 1.29 is 28.7 Å². The van der Waals surface area contributed by atoms with Gasteiger partial charge in [-0.25, -0.2) is 4.79 Å². The Hall–Kier alpha value is -3.98. The minimum atomic E-state index is -0.954. The Bertz CT molecular complexity index is 1270. The van der Waals surface area contributed by atoms with Crippen molar-refractivity contribution in [3.05, 3.63) is 65.9 Å². The maximum absolute atomic E-state index is 12.4. The molecule has 1 saturated heterocycles. The van der Waals surface area contributed by atoms with E-state index in [1.807, 2.05) is 24.3 Å². The van der Waals surface area contributed by atoms with Gasteiger partial charge in [0.15, 0.2) is 6.61 Å². The molecule has 1 N–H and O–H groups in total. The predicted molar refractivity (Wildman–Crippen MR) is 137 cm³/mol. The number of carbonyl (C=O) groups excluding carboxylic acids is 4. The Labute approximate surface area is 215 Å². The lowest BCUT2D eigenvalue weighted by Crippen LogP contribution is -2.51. The second-order valence-electron chi connectivity index (χ2n) is 9.34. The fourth-order valence-corrected chi connectivity index (χ4v) is 4.30. The van der Waals surface area contributed by atoms with Crippen molar-refractivity contribution in [3.63, 3.8) is 0 Å². The average molecular weight is 506 g/mol. The molecule has 9 heteroatoms. The molecule has 3 aromatic rings. The van der Waals surface area contributed by atoms with Crippen LogP contribution in [0.5, 0.6) is 5.75 Å². The summed E-state index contributed by atoms with van der Waals surface area (Å²) in [5, 5.41) is 0.885. The number of benzene rings is 2. The van der Waals surface area contributed by atoms with Crippen LogP contribution in [0, 0.1) is 0 Å². The third kappa shape index (κ3) is 6.83. The second kappa shape index (κ2) is 11.8. The van der Waals surface area contributed by atoms with Gasteiger partial charge in [-0.05, 0) is 43.2 Å². The fourth-order valence-electron chi connectivity index (χ4n) is 4.30. The number of esters is 2. The van der Waals surface area contributed by atoms with Crippen LogP contribution in [0.2, 0.25) is 0 Å². The van der Waals surface area contributed by atoms with Crippen molar-refractivity contribution in [2.45, 2.75) is 32.7 Å². The number of nitrogens with zero attached hydrogens (tertiary/aromatic N) is 2. The molecule has 4 rings (SSSR count). The number of para-hydroxylation sites is 1. The van der Waals surface area contributed by atoms with Gasteiger partial charge in [-0.3, -0.25) is 19.3 Å². The molecule has 9 nitrogen and oxygen atoms in total. The first-order chi connectivity index (χ1) is 17.8. The maximum Gasteiger partial charge on any atom is 0.380 e. The molecule has 194 valence electrons. The highest BCUT2D eigenvalue weighted by Gasteiger charge is 2.23. The molecular weight excluding hydrogens is 474 g/mol. The predicted octanol–water partition coefficient (Wildman–Crippen LogP) is 2.52. The number of aromatic nitrogens is 1. The number of H-pyrrole nitrogens is 1. The van der Waals surface area contributed by atoms with Crippen LogP contribution in [0.3, 0.4) is 0 Å². The molecule has 1 fully saturated rings.